The van der Waals surface area contributed by atoms with Crippen LogP contribution in [0.25, 0.3) is 0 Å². The minimum Gasteiger partial charge on any atom is -0.496 e. The van der Waals surface area contributed by atoms with Crippen LogP contribution in [-0.4, -0.2) is 33.2 Å². The maximum absolute atomic E-state index is 5.39. The first kappa shape index (κ1) is 20.0. The van der Waals surface area contributed by atoms with E-state index in [2.05, 4.69) is 48.5 Å². The number of hydrogen-bond acceptors (Lipinski definition) is 2. The molecule has 0 heterocycles. The number of aliphatic imine (C=N–C) groups is 1. The molecule has 1 aromatic carbocycles. The number of rotatable bonds is 6. The number of nitrogens with zero attached hydrogens (tertiary/aromatic N) is 1. The number of guanidine groups is 1. The molecule has 0 saturated heterocycles. The molecule has 0 bridgehead atoms. The molecule has 0 aromatic heterocycles. The number of ether oxygens (including phenoxy) is 1. The van der Waals surface area contributed by atoms with Crippen molar-refractivity contribution in [2.75, 3.05) is 27.2 Å². The largest absolute Gasteiger partial charge is 0.496 e. The second-order valence-electron chi connectivity index (χ2n) is 5.34. The summed E-state index contributed by atoms with van der Waals surface area (Å²) < 4.78 is 5.39. The van der Waals surface area contributed by atoms with E-state index in [1.54, 1.807) is 14.2 Å². The summed E-state index contributed by atoms with van der Waals surface area (Å²) >= 11 is 0. The zero-order valence-corrected chi connectivity index (χ0v) is 16.0. The smallest absolute Gasteiger partial charge is 0.190 e. The van der Waals surface area contributed by atoms with Crippen LogP contribution in [0.1, 0.15) is 25.0 Å². The number of hydrogen-bond donors (Lipinski definition) is 2. The standard InChI is InChI=1S/C16H27N3O.HI/c1-12(2)11-19-16(17-4)18-9-8-14-10-13(3)6-7-15(14)20-5;/h6-7,10,12H,8-9,11H2,1-5H3,(H2,17,18,19);1H. The summed E-state index contributed by atoms with van der Waals surface area (Å²) in [4.78, 5) is 4.21. The van der Waals surface area contributed by atoms with E-state index in [9.17, 15) is 0 Å². The maximum Gasteiger partial charge on any atom is 0.190 e. The van der Waals surface area contributed by atoms with Crippen molar-refractivity contribution in [1.82, 2.24) is 10.6 Å². The van der Waals surface area contributed by atoms with Gasteiger partial charge in [-0.15, -0.1) is 24.0 Å². The van der Waals surface area contributed by atoms with Crippen molar-refractivity contribution < 1.29 is 4.74 Å². The first-order valence-electron chi connectivity index (χ1n) is 7.14. The Morgan fingerprint density at radius 1 is 1.29 bits per heavy atom. The van der Waals surface area contributed by atoms with Crippen LogP contribution in [-0.2, 0) is 6.42 Å². The second kappa shape index (κ2) is 10.7. The van der Waals surface area contributed by atoms with E-state index in [0.29, 0.717) is 5.92 Å². The van der Waals surface area contributed by atoms with E-state index >= 15 is 0 Å². The van der Waals surface area contributed by atoms with Crippen molar-refractivity contribution in [3.63, 3.8) is 0 Å². The quantitative estimate of drug-likeness (QED) is 0.435. The molecular formula is C16H28IN3O. The first-order chi connectivity index (χ1) is 9.56. The molecule has 120 valence electrons. The third-order valence-corrected chi connectivity index (χ3v) is 3.02. The van der Waals surface area contributed by atoms with Crippen LogP contribution in [0.2, 0.25) is 0 Å². The van der Waals surface area contributed by atoms with Gasteiger partial charge in [-0.05, 0) is 30.9 Å². The van der Waals surface area contributed by atoms with Crippen molar-refractivity contribution in [1.29, 1.82) is 0 Å². The Balaban J connectivity index is 0.00000400. The average Bonchev–Trinajstić information content (AvgIpc) is 2.42. The zero-order valence-electron chi connectivity index (χ0n) is 13.7. The number of nitrogens with one attached hydrogen (secondary N) is 2. The Kier molecular flexibility index (Phi) is 10.2. The van der Waals surface area contributed by atoms with Gasteiger partial charge in [0.25, 0.3) is 0 Å². The van der Waals surface area contributed by atoms with Gasteiger partial charge < -0.3 is 15.4 Å². The van der Waals surface area contributed by atoms with E-state index < -0.39 is 0 Å². The highest BCUT2D eigenvalue weighted by Crippen LogP contribution is 2.19. The van der Waals surface area contributed by atoms with Crippen LogP contribution in [0.5, 0.6) is 5.75 Å². The van der Waals surface area contributed by atoms with Crippen LogP contribution in [0.3, 0.4) is 0 Å². The number of halogens is 1. The molecule has 21 heavy (non-hydrogen) atoms. The average molecular weight is 405 g/mol. The summed E-state index contributed by atoms with van der Waals surface area (Å²) in [6.07, 6.45) is 0.910. The van der Waals surface area contributed by atoms with Gasteiger partial charge in [0.05, 0.1) is 7.11 Å². The summed E-state index contributed by atoms with van der Waals surface area (Å²) in [5, 5.41) is 6.63. The SMILES string of the molecule is CN=C(NCCc1cc(C)ccc1OC)NCC(C)C.I. The van der Waals surface area contributed by atoms with Gasteiger partial charge >= 0.3 is 0 Å². The Morgan fingerprint density at radius 2 is 2.00 bits per heavy atom. The molecule has 4 nitrogen and oxygen atoms in total. The van der Waals surface area contributed by atoms with Crippen molar-refractivity contribution >= 4 is 29.9 Å². The van der Waals surface area contributed by atoms with Gasteiger partial charge in [0, 0.05) is 20.1 Å². The fourth-order valence-corrected chi connectivity index (χ4v) is 1.94. The molecule has 0 saturated carbocycles. The highest BCUT2D eigenvalue weighted by atomic mass is 127. The third-order valence-electron chi connectivity index (χ3n) is 3.02. The van der Waals surface area contributed by atoms with Gasteiger partial charge in [-0.3, -0.25) is 4.99 Å². The van der Waals surface area contributed by atoms with Crippen molar-refractivity contribution in [3.05, 3.63) is 29.3 Å². The van der Waals surface area contributed by atoms with E-state index in [1.165, 1.54) is 11.1 Å². The van der Waals surface area contributed by atoms with Crippen LogP contribution >= 0.6 is 24.0 Å². The number of benzene rings is 1. The zero-order chi connectivity index (χ0) is 15.0. The third kappa shape index (κ3) is 7.55. The molecule has 2 N–H and O–H groups in total. The van der Waals surface area contributed by atoms with Gasteiger partial charge in [0.15, 0.2) is 5.96 Å². The Hall–Kier alpha value is -0.980. The maximum atomic E-state index is 5.39. The van der Waals surface area contributed by atoms with Crippen molar-refractivity contribution in [2.45, 2.75) is 27.2 Å². The summed E-state index contributed by atoms with van der Waals surface area (Å²) in [5.74, 6) is 2.40. The minimum atomic E-state index is 0. The van der Waals surface area contributed by atoms with Gasteiger partial charge in [-0.25, -0.2) is 0 Å². The molecule has 0 aliphatic heterocycles. The molecule has 0 amide bonds. The first-order valence-corrected chi connectivity index (χ1v) is 7.14. The Labute approximate surface area is 145 Å². The Morgan fingerprint density at radius 3 is 2.57 bits per heavy atom. The van der Waals surface area contributed by atoms with Gasteiger partial charge in [0.1, 0.15) is 5.75 Å². The summed E-state index contributed by atoms with van der Waals surface area (Å²) in [6.45, 7) is 8.21. The minimum absolute atomic E-state index is 0. The van der Waals surface area contributed by atoms with E-state index in [1.807, 2.05) is 6.07 Å². The predicted octanol–water partition coefficient (Wildman–Crippen LogP) is 2.99. The molecule has 0 spiro atoms. The molecule has 5 heteroatoms. The van der Waals surface area contributed by atoms with Crippen molar-refractivity contribution in [2.24, 2.45) is 10.9 Å². The monoisotopic (exact) mass is 405 g/mol. The number of methoxy groups -OCH3 is 1. The molecular weight excluding hydrogens is 377 g/mol. The molecule has 0 fully saturated rings. The fraction of sp³-hybridized carbons (Fsp3) is 0.562. The van der Waals surface area contributed by atoms with E-state index in [0.717, 1.165) is 31.2 Å². The lowest BCUT2D eigenvalue weighted by molar-refractivity contribution is 0.409. The highest BCUT2D eigenvalue weighted by Gasteiger charge is 2.04. The molecule has 0 aliphatic rings. The topological polar surface area (TPSA) is 45.7 Å². The summed E-state index contributed by atoms with van der Waals surface area (Å²) in [7, 11) is 3.51. The lowest BCUT2D eigenvalue weighted by atomic mass is 10.1. The van der Waals surface area contributed by atoms with Crippen LogP contribution in [0.15, 0.2) is 23.2 Å². The molecule has 0 unspecified atom stereocenters. The highest BCUT2D eigenvalue weighted by molar-refractivity contribution is 14.0. The normalized spacial score (nSPS) is 11.0. The lowest BCUT2D eigenvalue weighted by Crippen LogP contribution is -2.39. The van der Waals surface area contributed by atoms with Gasteiger partial charge in [0.2, 0.25) is 0 Å². The molecule has 0 atom stereocenters. The van der Waals surface area contributed by atoms with E-state index in [4.69, 9.17) is 4.74 Å². The summed E-state index contributed by atoms with van der Waals surface area (Å²) in [5.41, 5.74) is 2.47. The molecule has 1 rings (SSSR count). The van der Waals surface area contributed by atoms with Crippen LogP contribution in [0.4, 0.5) is 0 Å². The fourth-order valence-electron chi connectivity index (χ4n) is 1.94. The lowest BCUT2D eigenvalue weighted by Gasteiger charge is -2.14. The molecule has 0 aliphatic carbocycles. The number of aryl methyl sites for hydroxylation is 1. The summed E-state index contributed by atoms with van der Waals surface area (Å²) in [6, 6.07) is 6.26. The van der Waals surface area contributed by atoms with E-state index in [-0.39, 0.29) is 24.0 Å². The second-order valence-corrected chi connectivity index (χ2v) is 5.34. The Bertz CT molecular complexity index is 447. The van der Waals surface area contributed by atoms with Crippen LogP contribution in [0, 0.1) is 12.8 Å². The molecule has 0 radical (unpaired) electrons. The predicted molar refractivity (Wildman–Crippen MR) is 101 cm³/mol. The van der Waals surface area contributed by atoms with Crippen molar-refractivity contribution in [3.8, 4) is 5.75 Å². The van der Waals surface area contributed by atoms with Crippen LogP contribution < -0.4 is 15.4 Å². The van der Waals surface area contributed by atoms with Gasteiger partial charge in [-0.2, -0.15) is 0 Å². The van der Waals surface area contributed by atoms with Gasteiger partial charge in [-0.1, -0.05) is 31.5 Å². The molecule has 1 aromatic rings.